The number of hydrazine groups is 1. The van der Waals surface area contributed by atoms with E-state index in [1.807, 2.05) is 0 Å². The van der Waals surface area contributed by atoms with Crippen molar-refractivity contribution in [1.29, 1.82) is 0 Å². The Morgan fingerprint density at radius 1 is 1.35 bits per heavy atom. The van der Waals surface area contributed by atoms with Crippen LogP contribution in [0.25, 0.3) is 0 Å². The van der Waals surface area contributed by atoms with E-state index in [-0.39, 0.29) is 10.9 Å². The van der Waals surface area contributed by atoms with E-state index in [1.165, 1.54) is 0 Å². The normalized spacial score (nSPS) is 15.8. The third kappa shape index (κ3) is 3.31. The number of anilines is 1. The quantitative estimate of drug-likeness (QED) is 0.597. The largest absolute Gasteiger partial charge is 0.323 e. The second-order valence-corrected chi connectivity index (χ2v) is 7.53. The maximum atomic E-state index is 12.8. The van der Waals surface area contributed by atoms with E-state index >= 15 is 0 Å². The van der Waals surface area contributed by atoms with Gasteiger partial charge in [0.2, 0.25) is 10.0 Å². The van der Waals surface area contributed by atoms with E-state index in [2.05, 4.69) is 19.3 Å². The SMILES string of the molecule is CC(C)CCN(C1CC1)S(=O)(=O)c1ccccc1NN. The minimum absolute atomic E-state index is 0.157. The number of nitrogens with zero attached hydrogens (tertiary/aromatic N) is 1. The molecule has 0 aliphatic heterocycles. The number of benzene rings is 1. The molecule has 0 aromatic heterocycles. The lowest BCUT2D eigenvalue weighted by molar-refractivity contribution is 0.373. The fourth-order valence-electron chi connectivity index (χ4n) is 2.18. The number of rotatable bonds is 7. The Kier molecular flexibility index (Phi) is 4.67. The van der Waals surface area contributed by atoms with Gasteiger partial charge in [-0.15, -0.1) is 0 Å². The Labute approximate surface area is 121 Å². The first kappa shape index (κ1) is 15.3. The second kappa shape index (κ2) is 6.11. The Bertz CT molecular complexity index is 553. The molecule has 1 aliphatic carbocycles. The molecule has 1 aromatic carbocycles. The van der Waals surface area contributed by atoms with Gasteiger partial charge in [0.1, 0.15) is 4.90 Å². The van der Waals surface area contributed by atoms with Crippen LogP contribution < -0.4 is 11.3 Å². The zero-order chi connectivity index (χ0) is 14.8. The van der Waals surface area contributed by atoms with Crippen LogP contribution in [0.1, 0.15) is 33.1 Å². The van der Waals surface area contributed by atoms with Crippen LogP contribution in [-0.2, 0) is 10.0 Å². The standard InChI is InChI=1S/C14H23N3O2S/c1-11(2)9-10-17(12-7-8-12)20(18,19)14-6-4-3-5-13(14)16-15/h3-6,11-12,16H,7-10,15H2,1-2H3. The topological polar surface area (TPSA) is 75.4 Å². The average Bonchev–Trinajstić information content (AvgIpc) is 3.23. The summed E-state index contributed by atoms with van der Waals surface area (Å²) in [6, 6.07) is 6.94. The molecule has 20 heavy (non-hydrogen) atoms. The summed E-state index contributed by atoms with van der Waals surface area (Å²) in [5.41, 5.74) is 2.92. The highest BCUT2D eigenvalue weighted by Gasteiger charge is 2.38. The fraction of sp³-hybridized carbons (Fsp3) is 0.571. The van der Waals surface area contributed by atoms with Gasteiger partial charge in [0.25, 0.3) is 0 Å². The monoisotopic (exact) mass is 297 g/mol. The van der Waals surface area contributed by atoms with Crippen molar-refractivity contribution in [2.45, 2.75) is 44.0 Å². The molecule has 0 atom stereocenters. The van der Waals surface area contributed by atoms with Gasteiger partial charge < -0.3 is 5.43 Å². The molecule has 0 bridgehead atoms. The second-order valence-electron chi connectivity index (χ2n) is 5.67. The highest BCUT2D eigenvalue weighted by molar-refractivity contribution is 7.89. The lowest BCUT2D eigenvalue weighted by atomic mass is 10.1. The number of nitrogen functional groups attached to an aromatic ring is 1. The lowest BCUT2D eigenvalue weighted by Gasteiger charge is -2.24. The zero-order valence-corrected chi connectivity index (χ0v) is 12.9. The maximum Gasteiger partial charge on any atom is 0.245 e. The molecule has 1 aliphatic rings. The Balaban J connectivity index is 2.30. The van der Waals surface area contributed by atoms with Crippen molar-refractivity contribution < 1.29 is 8.42 Å². The molecule has 5 nitrogen and oxygen atoms in total. The van der Waals surface area contributed by atoms with E-state index < -0.39 is 10.0 Å². The van der Waals surface area contributed by atoms with Crippen molar-refractivity contribution in [2.24, 2.45) is 11.8 Å². The van der Waals surface area contributed by atoms with E-state index in [0.717, 1.165) is 19.3 Å². The summed E-state index contributed by atoms with van der Waals surface area (Å²) < 4.78 is 27.3. The van der Waals surface area contributed by atoms with Gasteiger partial charge in [-0.25, -0.2) is 8.42 Å². The smallest absolute Gasteiger partial charge is 0.245 e. The molecule has 0 saturated heterocycles. The highest BCUT2D eigenvalue weighted by Crippen LogP contribution is 2.34. The van der Waals surface area contributed by atoms with Gasteiger partial charge in [-0.3, -0.25) is 5.84 Å². The molecule has 1 fully saturated rings. The van der Waals surface area contributed by atoms with Crippen LogP contribution in [0.4, 0.5) is 5.69 Å². The third-order valence-electron chi connectivity index (χ3n) is 3.51. The van der Waals surface area contributed by atoms with Crippen molar-refractivity contribution in [3.8, 4) is 0 Å². The molecule has 6 heteroatoms. The van der Waals surface area contributed by atoms with Gasteiger partial charge >= 0.3 is 0 Å². The van der Waals surface area contributed by atoms with Crippen LogP contribution in [0.2, 0.25) is 0 Å². The molecule has 1 saturated carbocycles. The first-order valence-corrected chi connectivity index (χ1v) is 8.48. The molecular formula is C14H23N3O2S. The summed E-state index contributed by atoms with van der Waals surface area (Å²) in [4.78, 5) is 0.262. The summed E-state index contributed by atoms with van der Waals surface area (Å²) in [7, 11) is -3.49. The van der Waals surface area contributed by atoms with Crippen molar-refractivity contribution >= 4 is 15.7 Å². The van der Waals surface area contributed by atoms with Crippen LogP contribution in [0, 0.1) is 5.92 Å². The molecule has 1 aromatic rings. The first-order chi connectivity index (χ1) is 9.46. The number of hydrogen-bond donors (Lipinski definition) is 2. The van der Waals surface area contributed by atoms with Gasteiger partial charge in [-0.1, -0.05) is 26.0 Å². The number of nitrogens with two attached hydrogens (primary N) is 1. The van der Waals surface area contributed by atoms with Crippen molar-refractivity contribution in [3.05, 3.63) is 24.3 Å². The number of nitrogens with one attached hydrogen (secondary N) is 1. The van der Waals surface area contributed by atoms with Crippen molar-refractivity contribution in [2.75, 3.05) is 12.0 Å². The first-order valence-electron chi connectivity index (χ1n) is 7.04. The van der Waals surface area contributed by atoms with Crippen LogP contribution in [0.15, 0.2) is 29.2 Å². The van der Waals surface area contributed by atoms with Crippen molar-refractivity contribution in [1.82, 2.24) is 4.31 Å². The van der Waals surface area contributed by atoms with Gasteiger partial charge in [-0.2, -0.15) is 4.31 Å². The van der Waals surface area contributed by atoms with E-state index in [4.69, 9.17) is 5.84 Å². The van der Waals surface area contributed by atoms with E-state index in [0.29, 0.717) is 18.2 Å². The van der Waals surface area contributed by atoms with Gasteiger partial charge in [-0.05, 0) is 37.3 Å². The van der Waals surface area contributed by atoms with Gasteiger partial charge in [0, 0.05) is 12.6 Å². The summed E-state index contributed by atoms with van der Waals surface area (Å²) in [6.07, 6.45) is 2.78. The minimum atomic E-state index is -3.49. The Morgan fingerprint density at radius 2 is 2.00 bits per heavy atom. The number of sulfonamides is 1. The molecule has 0 unspecified atom stereocenters. The molecule has 2 rings (SSSR count). The molecule has 3 N–H and O–H groups in total. The predicted octanol–water partition coefficient (Wildman–Crippen LogP) is 2.17. The van der Waals surface area contributed by atoms with Crippen LogP contribution in [-0.4, -0.2) is 25.3 Å². The van der Waals surface area contributed by atoms with Crippen LogP contribution in [0.5, 0.6) is 0 Å². The number of para-hydroxylation sites is 1. The molecule has 0 amide bonds. The third-order valence-corrected chi connectivity index (χ3v) is 5.52. The lowest BCUT2D eigenvalue weighted by Crippen LogP contribution is -2.35. The maximum absolute atomic E-state index is 12.8. The van der Waals surface area contributed by atoms with Gasteiger partial charge in [0.05, 0.1) is 5.69 Å². The van der Waals surface area contributed by atoms with Crippen LogP contribution in [0.3, 0.4) is 0 Å². The van der Waals surface area contributed by atoms with Crippen molar-refractivity contribution in [3.63, 3.8) is 0 Å². The summed E-state index contributed by atoms with van der Waals surface area (Å²) in [6.45, 7) is 4.78. The summed E-state index contributed by atoms with van der Waals surface area (Å²) in [5.74, 6) is 5.91. The molecule has 0 radical (unpaired) electrons. The summed E-state index contributed by atoms with van der Waals surface area (Å²) >= 11 is 0. The summed E-state index contributed by atoms with van der Waals surface area (Å²) in [5, 5.41) is 0. The Hall–Kier alpha value is -1.11. The highest BCUT2D eigenvalue weighted by atomic mass is 32.2. The molecule has 0 spiro atoms. The average molecular weight is 297 g/mol. The predicted molar refractivity (Wildman–Crippen MR) is 80.6 cm³/mol. The Morgan fingerprint density at radius 3 is 2.55 bits per heavy atom. The van der Waals surface area contributed by atoms with Gasteiger partial charge in [0.15, 0.2) is 0 Å². The number of hydrogen-bond acceptors (Lipinski definition) is 4. The fourth-order valence-corrected chi connectivity index (χ4v) is 4.04. The molecule has 112 valence electrons. The zero-order valence-electron chi connectivity index (χ0n) is 12.0. The van der Waals surface area contributed by atoms with Crippen LogP contribution >= 0.6 is 0 Å². The van der Waals surface area contributed by atoms with E-state index in [1.54, 1.807) is 28.6 Å². The molecular weight excluding hydrogens is 274 g/mol. The van der Waals surface area contributed by atoms with E-state index in [9.17, 15) is 8.42 Å². The molecule has 0 heterocycles. The minimum Gasteiger partial charge on any atom is -0.323 e.